The van der Waals surface area contributed by atoms with Crippen LogP contribution in [-0.2, 0) is 16.0 Å². The molecule has 0 radical (unpaired) electrons. The van der Waals surface area contributed by atoms with Crippen LogP contribution in [0.5, 0.6) is 0 Å². The van der Waals surface area contributed by atoms with E-state index in [1.807, 2.05) is 29.2 Å². The van der Waals surface area contributed by atoms with Gasteiger partial charge in [0.2, 0.25) is 11.8 Å². The number of benzene rings is 1. The van der Waals surface area contributed by atoms with Crippen molar-refractivity contribution in [3.05, 3.63) is 29.8 Å². The second-order valence-electron chi connectivity index (χ2n) is 9.10. The molecule has 0 bridgehead atoms. The molecule has 2 amide bonds. The number of carbonyl (C=O) groups excluding carboxylic acids is 2. The number of nitrogens with zero attached hydrogens (tertiary/aromatic N) is 2. The van der Waals surface area contributed by atoms with E-state index in [1.54, 1.807) is 0 Å². The van der Waals surface area contributed by atoms with Crippen molar-refractivity contribution < 1.29 is 9.59 Å². The van der Waals surface area contributed by atoms with Crippen molar-refractivity contribution in [3.63, 3.8) is 0 Å². The zero-order chi connectivity index (χ0) is 20.1. The topological polar surface area (TPSA) is 52.7 Å². The highest BCUT2D eigenvalue weighted by molar-refractivity contribution is 5.95. The molecule has 2 saturated heterocycles. The van der Waals surface area contributed by atoms with E-state index in [9.17, 15) is 9.59 Å². The molecule has 5 heteroatoms. The maximum Gasteiger partial charge on any atom is 0.227 e. The number of piperidine rings is 1. The third-order valence-corrected chi connectivity index (χ3v) is 7.11. The normalized spacial score (nSPS) is 22.6. The molecule has 158 valence electrons. The maximum absolute atomic E-state index is 12.7. The molecule has 0 spiro atoms. The van der Waals surface area contributed by atoms with E-state index >= 15 is 0 Å². The third-order valence-electron chi connectivity index (χ3n) is 7.11. The lowest BCUT2D eigenvalue weighted by Gasteiger charge is -2.48. The van der Waals surface area contributed by atoms with Crippen molar-refractivity contribution >= 4 is 17.5 Å². The van der Waals surface area contributed by atoms with Gasteiger partial charge >= 0.3 is 0 Å². The molecule has 3 fully saturated rings. The molecular weight excluding hydrogens is 362 g/mol. The highest BCUT2D eigenvalue weighted by Crippen LogP contribution is 2.35. The summed E-state index contributed by atoms with van der Waals surface area (Å²) in [5.41, 5.74) is 2.13. The van der Waals surface area contributed by atoms with Crippen LogP contribution in [0.2, 0.25) is 0 Å². The lowest BCUT2D eigenvalue weighted by molar-refractivity contribution is -0.121. The molecule has 1 aromatic carbocycles. The Labute approximate surface area is 174 Å². The number of likely N-dealkylation sites (tertiary alicyclic amines) is 1. The smallest absolute Gasteiger partial charge is 0.227 e. The fourth-order valence-electron chi connectivity index (χ4n) is 5.41. The first kappa shape index (κ1) is 20.4. The number of carbonyl (C=O) groups is 2. The largest absolute Gasteiger partial charge is 0.354 e. The molecule has 1 aliphatic carbocycles. The van der Waals surface area contributed by atoms with E-state index in [0.717, 1.165) is 30.8 Å². The minimum atomic E-state index is 0.108. The van der Waals surface area contributed by atoms with Gasteiger partial charge in [-0.3, -0.25) is 14.5 Å². The lowest BCUT2D eigenvalue weighted by atomic mass is 9.79. The summed E-state index contributed by atoms with van der Waals surface area (Å²) >= 11 is 0. The molecule has 5 nitrogen and oxygen atoms in total. The standard InChI is InChI=1S/C24H35N3O2/c28-22(18-20-9-11-21(12-10-20)27-17-7-8-23(27)29)25-19-24(13-3-1-4-14-24)26-15-5-2-6-16-26/h9-12H,1-8,13-19H2,(H,25,28). The van der Waals surface area contributed by atoms with Crippen LogP contribution in [0.25, 0.3) is 0 Å². The molecule has 2 aliphatic heterocycles. The van der Waals surface area contributed by atoms with Gasteiger partial charge < -0.3 is 10.2 Å². The summed E-state index contributed by atoms with van der Waals surface area (Å²) in [6, 6.07) is 7.92. The van der Waals surface area contributed by atoms with E-state index in [4.69, 9.17) is 0 Å². The molecule has 1 saturated carbocycles. The van der Waals surface area contributed by atoms with Gasteiger partial charge in [-0.1, -0.05) is 37.8 Å². The van der Waals surface area contributed by atoms with E-state index in [2.05, 4.69) is 10.2 Å². The number of anilines is 1. The molecule has 0 aromatic heterocycles. The molecule has 29 heavy (non-hydrogen) atoms. The van der Waals surface area contributed by atoms with E-state index in [0.29, 0.717) is 12.8 Å². The molecular formula is C24H35N3O2. The van der Waals surface area contributed by atoms with Gasteiger partial charge in [-0.05, 0) is 62.9 Å². The van der Waals surface area contributed by atoms with Crippen LogP contribution in [0, 0.1) is 0 Å². The molecule has 0 unspecified atom stereocenters. The Morgan fingerprint density at radius 1 is 0.897 bits per heavy atom. The van der Waals surface area contributed by atoms with Crippen molar-refractivity contribution in [2.75, 3.05) is 31.1 Å². The van der Waals surface area contributed by atoms with Crippen LogP contribution in [0.15, 0.2) is 24.3 Å². The van der Waals surface area contributed by atoms with Gasteiger partial charge in [0.1, 0.15) is 0 Å². The van der Waals surface area contributed by atoms with E-state index in [-0.39, 0.29) is 17.4 Å². The lowest BCUT2D eigenvalue weighted by Crippen LogP contribution is -2.58. The molecule has 3 aliphatic rings. The molecule has 2 heterocycles. The Morgan fingerprint density at radius 3 is 2.24 bits per heavy atom. The second kappa shape index (κ2) is 9.29. The summed E-state index contributed by atoms with van der Waals surface area (Å²) in [7, 11) is 0. The minimum absolute atomic E-state index is 0.108. The summed E-state index contributed by atoms with van der Waals surface area (Å²) in [4.78, 5) is 29.1. The maximum atomic E-state index is 12.7. The van der Waals surface area contributed by atoms with Gasteiger partial charge in [-0.25, -0.2) is 0 Å². The summed E-state index contributed by atoms with van der Waals surface area (Å²) < 4.78 is 0. The first-order chi connectivity index (χ1) is 14.2. The van der Waals surface area contributed by atoms with Gasteiger partial charge in [0.05, 0.1) is 6.42 Å². The number of hydrogen-bond donors (Lipinski definition) is 1. The van der Waals surface area contributed by atoms with E-state index < -0.39 is 0 Å². The highest BCUT2D eigenvalue weighted by atomic mass is 16.2. The summed E-state index contributed by atoms with van der Waals surface area (Å²) in [5.74, 6) is 0.308. The zero-order valence-corrected chi connectivity index (χ0v) is 17.6. The Balaban J connectivity index is 1.33. The fourth-order valence-corrected chi connectivity index (χ4v) is 5.41. The molecule has 1 N–H and O–H groups in total. The predicted molar refractivity (Wildman–Crippen MR) is 116 cm³/mol. The van der Waals surface area contributed by atoms with Crippen LogP contribution in [-0.4, -0.2) is 48.4 Å². The minimum Gasteiger partial charge on any atom is -0.354 e. The Hall–Kier alpha value is -1.88. The first-order valence-corrected chi connectivity index (χ1v) is 11.6. The van der Waals surface area contributed by atoms with Gasteiger partial charge in [0.15, 0.2) is 0 Å². The number of nitrogens with one attached hydrogen (secondary N) is 1. The average Bonchev–Trinajstić information content (AvgIpc) is 3.20. The van der Waals surface area contributed by atoms with Gasteiger partial charge in [0.25, 0.3) is 0 Å². The molecule has 1 aromatic rings. The van der Waals surface area contributed by atoms with Crippen molar-refractivity contribution in [3.8, 4) is 0 Å². The van der Waals surface area contributed by atoms with Crippen LogP contribution in [0.3, 0.4) is 0 Å². The number of rotatable bonds is 6. The zero-order valence-electron chi connectivity index (χ0n) is 17.6. The van der Waals surface area contributed by atoms with E-state index in [1.165, 1.54) is 64.5 Å². The van der Waals surface area contributed by atoms with Crippen LogP contribution >= 0.6 is 0 Å². The van der Waals surface area contributed by atoms with Crippen molar-refractivity contribution in [2.24, 2.45) is 0 Å². The van der Waals surface area contributed by atoms with Crippen LogP contribution < -0.4 is 10.2 Å². The molecule has 0 atom stereocenters. The first-order valence-electron chi connectivity index (χ1n) is 11.6. The second-order valence-corrected chi connectivity index (χ2v) is 9.10. The summed E-state index contributed by atoms with van der Waals surface area (Å²) in [6.45, 7) is 3.96. The molecule has 4 rings (SSSR count). The predicted octanol–water partition coefficient (Wildman–Crippen LogP) is 3.66. The van der Waals surface area contributed by atoms with Crippen molar-refractivity contribution in [1.29, 1.82) is 0 Å². The quantitative estimate of drug-likeness (QED) is 0.797. The number of amides is 2. The Kier molecular flexibility index (Phi) is 6.53. The Bertz CT molecular complexity index is 703. The highest BCUT2D eigenvalue weighted by Gasteiger charge is 2.38. The van der Waals surface area contributed by atoms with Gasteiger partial charge in [-0.15, -0.1) is 0 Å². The third kappa shape index (κ3) is 4.82. The fraction of sp³-hybridized carbons (Fsp3) is 0.667. The summed E-state index contributed by atoms with van der Waals surface area (Å²) in [5, 5.41) is 3.27. The number of hydrogen-bond acceptors (Lipinski definition) is 3. The summed E-state index contributed by atoms with van der Waals surface area (Å²) in [6.07, 6.45) is 12.2. The monoisotopic (exact) mass is 397 g/mol. The van der Waals surface area contributed by atoms with Crippen molar-refractivity contribution in [1.82, 2.24) is 10.2 Å². The average molecular weight is 398 g/mol. The van der Waals surface area contributed by atoms with Crippen LogP contribution in [0.4, 0.5) is 5.69 Å². The SMILES string of the molecule is O=C(Cc1ccc(N2CCCC2=O)cc1)NCC1(N2CCCCC2)CCCCC1. The van der Waals surface area contributed by atoms with Crippen molar-refractivity contribution in [2.45, 2.75) is 76.2 Å². The van der Waals surface area contributed by atoms with Crippen LogP contribution in [0.1, 0.15) is 69.8 Å². The van der Waals surface area contributed by atoms with Gasteiger partial charge in [0, 0.05) is 30.7 Å². The Morgan fingerprint density at radius 2 is 1.59 bits per heavy atom. The van der Waals surface area contributed by atoms with Gasteiger partial charge in [-0.2, -0.15) is 0 Å².